The number of nitrogens with zero attached hydrogens (tertiary/aromatic N) is 6. The van der Waals surface area contributed by atoms with Crippen molar-refractivity contribution >= 4 is 49.6 Å². The summed E-state index contributed by atoms with van der Waals surface area (Å²) in [4.78, 5) is 27.7. The van der Waals surface area contributed by atoms with Crippen molar-refractivity contribution in [3.63, 3.8) is 0 Å². The Morgan fingerprint density at radius 2 is 0.947 bits per heavy atom. The third-order valence-electron chi connectivity index (χ3n) is 10.1. The molecule has 10 rings (SSSR count). The van der Waals surface area contributed by atoms with E-state index in [1.54, 1.807) is 30.6 Å². The Morgan fingerprint density at radius 1 is 0.421 bits per heavy atom. The van der Waals surface area contributed by atoms with Crippen LogP contribution in [0, 0.1) is 17.5 Å². The Bertz CT molecular complexity index is 3240. The minimum atomic E-state index is -0.824. The molecule has 0 radical (unpaired) electrons. The van der Waals surface area contributed by atoms with Crippen LogP contribution in [-0.4, -0.2) is 29.9 Å². The number of hydrogen-bond acceptors (Lipinski definition) is 6. The van der Waals surface area contributed by atoms with Gasteiger partial charge in [-0.3, -0.25) is 15.0 Å². The number of hydrogen-bond donors (Lipinski definition) is 0. The van der Waals surface area contributed by atoms with Crippen LogP contribution in [0.15, 0.2) is 153 Å². The first-order valence-electron chi connectivity index (χ1n) is 18.1. The maximum Gasteiger partial charge on any atom is 0.164 e. The van der Waals surface area contributed by atoms with E-state index in [0.717, 1.165) is 27.1 Å². The lowest BCUT2D eigenvalue weighted by molar-refractivity contribution is 0.590. The second-order valence-electron chi connectivity index (χ2n) is 13.6. The number of fused-ring (bicyclic) bond motifs is 6. The molecule has 0 aliphatic rings. The molecule has 0 bridgehead atoms. The van der Waals surface area contributed by atoms with E-state index in [2.05, 4.69) is 26.5 Å². The van der Waals surface area contributed by atoms with Crippen molar-refractivity contribution in [3.05, 3.63) is 176 Å². The lowest BCUT2D eigenvalue weighted by atomic mass is 9.96. The Kier molecular flexibility index (Phi) is 8.07. The van der Waals surface area contributed by atoms with E-state index in [1.807, 2.05) is 97.1 Å². The summed E-state index contributed by atoms with van der Waals surface area (Å²) in [5.41, 5.74) is 4.62. The van der Waals surface area contributed by atoms with Gasteiger partial charge in [-0.15, -0.1) is 0 Å². The van der Waals surface area contributed by atoms with Crippen molar-refractivity contribution in [2.45, 2.75) is 0 Å². The summed E-state index contributed by atoms with van der Waals surface area (Å²) < 4.78 is 48.6. The largest absolute Gasteiger partial charge is 0.255 e. The first-order valence-corrected chi connectivity index (χ1v) is 18.1. The smallest absolute Gasteiger partial charge is 0.164 e. The number of aromatic nitrogens is 6. The van der Waals surface area contributed by atoms with Crippen LogP contribution in [0.3, 0.4) is 0 Å². The quantitative estimate of drug-likeness (QED) is 0.158. The molecule has 0 aliphatic heterocycles. The molecule has 0 saturated carbocycles. The SMILES string of the molecule is C=Cc1cc(-c2nc(-c3ccccc3)nc(-c3cc(F)c(-c4cnc5c(ccc6cccnc65)c4)c(F)c3)n2)cc(F)c1-c1cnc2c(ccc3ccccc32)c1. The minimum Gasteiger partial charge on any atom is -0.255 e. The van der Waals surface area contributed by atoms with Crippen molar-refractivity contribution in [3.8, 4) is 56.4 Å². The Hall–Kier alpha value is -7.65. The fraction of sp³-hybridized carbons (Fsp3) is 0. The number of pyridine rings is 3. The van der Waals surface area contributed by atoms with Crippen LogP contribution >= 0.6 is 0 Å². The molecule has 10 aromatic rings. The number of benzene rings is 6. The highest BCUT2D eigenvalue weighted by Gasteiger charge is 2.21. The molecule has 57 heavy (non-hydrogen) atoms. The van der Waals surface area contributed by atoms with Gasteiger partial charge in [-0.1, -0.05) is 97.6 Å². The molecule has 0 atom stereocenters. The second kappa shape index (κ2) is 13.6. The third kappa shape index (κ3) is 5.93. The predicted octanol–water partition coefficient (Wildman–Crippen LogP) is 12.1. The topological polar surface area (TPSA) is 77.3 Å². The van der Waals surface area contributed by atoms with Gasteiger partial charge in [-0.05, 0) is 53.4 Å². The van der Waals surface area contributed by atoms with E-state index in [0.29, 0.717) is 44.2 Å². The molecule has 4 heterocycles. The normalized spacial score (nSPS) is 11.5. The van der Waals surface area contributed by atoms with Gasteiger partial charge in [0, 0.05) is 73.5 Å². The number of rotatable bonds is 6. The predicted molar refractivity (Wildman–Crippen MR) is 220 cm³/mol. The monoisotopic (exact) mass is 744 g/mol. The maximum absolute atomic E-state index is 16.4. The summed E-state index contributed by atoms with van der Waals surface area (Å²) in [6.45, 7) is 3.98. The molecular weight excluding hydrogens is 718 g/mol. The van der Waals surface area contributed by atoms with Gasteiger partial charge in [0.15, 0.2) is 17.5 Å². The fourth-order valence-corrected chi connectivity index (χ4v) is 7.43. The van der Waals surface area contributed by atoms with Crippen LogP contribution in [-0.2, 0) is 0 Å². The van der Waals surface area contributed by atoms with Gasteiger partial charge in [-0.25, -0.2) is 28.1 Å². The van der Waals surface area contributed by atoms with Crippen molar-refractivity contribution in [2.24, 2.45) is 0 Å². The highest BCUT2D eigenvalue weighted by molar-refractivity contribution is 6.06. The molecule has 0 spiro atoms. The Labute approximate surface area is 323 Å². The molecular formula is C48H27F3N6. The van der Waals surface area contributed by atoms with Gasteiger partial charge in [0.2, 0.25) is 0 Å². The van der Waals surface area contributed by atoms with E-state index >= 15 is 13.2 Å². The van der Waals surface area contributed by atoms with E-state index in [1.165, 1.54) is 24.4 Å². The van der Waals surface area contributed by atoms with Crippen molar-refractivity contribution in [1.29, 1.82) is 0 Å². The van der Waals surface area contributed by atoms with Crippen LogP contribution < -0.4 is 0 Å². The van der Waals surface area contributed by atoms with E-state index in [9.17, 15) is 0 Å². The summed E-state index contributed by atoms with van der Waals surface area (Å²) in [5, 5.41) is 4.54. The average Bonchev–Trinajstić information content (AvgIpc) is 3.25. The second-order valence-corrected chi connectivity index (χ2v) is 13.6. The molecule has 6 nitrogen and oxygen atoms in total. The molecule has 6 aromatic carbocycles. The first kappa shape index (κ1) is 33.9. The van der Waals surface area contributed by atoms with Crippen LogP contribution in [0.5, 0.6) is 0 Å². The lowest BCUT2D eigenvalue weighted by Gasteiger charge is -2.14. The summed E-state index contributed by atoms with van der Waals surface area (Å²) in [7, 11) is 0. The maximum atomic E-state index is 16.4. The van der Waals surface area contributed by atoms with Gasteiger partial charge in [0.05, 0.1) is 22.1 Å². The number of halogens is 3. The van der Waals surface area contributed by atoms with E-state index in [4.69, 9.17) is 9.97 Å². The molecule has 0 aliphatic carbocycles. The van der Waals surface area contributed by atoms with Gasteiger partial charge >= 0.3 is 0 Å². The van der Waals surface area contributed by atoms with Crippen molar-refractivity contribution < 1.29 is 13.2 Å². The fourth-order valence-electron chi connectivity index (χ4n) is 7.43. The molecule has 270 valence electrons. The Balaban J connectivity index is 1.07. The standard InChI is InChI=1S/C48H27F3N6/c1-2-27-19-33(22-38(49)41(27)35-20-31-16-14-28-9-6-7-13-37(28)43(31)53-25-35)47-55-46(30-10-4-3-5-11-30)56-48(57-47)34-23-39(50)42(40(51)24-34)36-21-32-17-15-29-12-8-18-52-44(29)45(32)54-26-36/h2-26H,1H2. The highest BCUT2D eigenvalue weighted by atomic mass is 19.1. The average molecular weight is 745 g/mol. The van der Waals surface area contributed by atoms with Crippen molar-refractivity contribution in [2.75, 3.05) is 0 Å². The van der Waals surface area contributed by atoms with Gasteiger partial charge in [0.25, 0.3) is 0 Å². The van der Waals surface area contributed by atoms with E-state index in [-0.39, 0.29) is 34.2 Å². The summed E-state index contributed by atoms with van der Waals surface area (Å²) in [6, 6.07) is 37.7. The van der Waals surface area contributed by atoms with Crippen LogP contribution in [0.25, 0.3) is 106 Å². The van der Waals surface area contributed by atoms with Crippen LogP contribution in [0.1, 0.15) is 5.56 Å². The highest BCUT2D eigenvalue weighted by Crippen LogP contribution is 2.37. The van der Waals surface area contributed by atoms with Gasteiger partial charge < -0.3 is 0 Å². The molecule has 0 unspecified atom stereocenters. The Morgan fingerprint density at radius 3 is 1.67 bits per heavy atom. The van der Waals surface area contributed by atoms with Gasteiger partial charge in [0.1, 0.15) is 17.5 Å². The zero-order valence-electron chi connectivity index (χ0n) is 30.0. The van der Waals surface area contributed by atoms with Crippen LogP contribution in [0.4, 0.5) is 13.2 Å². The molecule has 0 amide bonds. The first-order chi connectivity index (χ1) is 27.9. The summed E-state index contributed by atoms with van der Waals surface area (Å²) in [5.74, 6) is -1.82. The third-order valence-corrected chi connectivity index (χ3v) is 10.1. The lowest BCUT2D eigenvalue weighted by Crippen LogP contribution is -2.02. The minimum absolute atomic E-state index is 0.00739. The van der Waals surface area contributed by atoms with Gasteiger partial charge in [-0.2, -0.15) is 0 Å². The zero-order valence-corrected chi connectivity index (χ0v) is 30.0. The van der Waals surface area contributed by atoms with Crippen molar-refractivity contribution in [1.82, 2.24) is 29.9 Å². The molecule has 0 saturated heterocycles. The molecule has 9 heteroatoms. The summed E-state index contributed by atoms with van der Waals surface area (Å²) >= 11 is 0. The molecule has 0 fully saturated rings. The van der Waals surface area contributed by atoms with Crippen LogP contribution in [0.2, 0.25) is 0 Å². The van der Waals surface area contributed by atoms with E-state index < -0.39 is 17.5 Å². The molecule has 0 N–H and O–H groups in total. The zero-order chi connectivity index (χ0) is 38.6. The summed E-state index contributed by atoms with van der Waals surface area (Å²) in [6.07, 6.45) is 6.35. The molecule has 4 aromatic heterocycles.